The summed E-state index contributed by atoms with van der Waals surface area (Å²) in [5.41, 5.74) is 8.19. The minimum absolute atomic E-state index is 0.0746. The number of hydrogen-bond acceptors (Lipinski definition) is 7. The van der Waals surface area contributed by atoms with E-state index in [1.165, 1.54) is 0 Å². The molecule has 9 heteroatoms. The van der Waals surface area contributed by atoms with Crippen molar-refractivity contribution in [1.82, 2.24) is 10.2 Å². The Morgan fingerprint density at radius 2 is 1.87 bits per heavy atom. The van der Waals surface area contributed by atoms with Crippen LogP contribution in [0.2, 0.25) is 0 Å². The van der Waals surface area contributed by atoms with Crippen molar-refractivity contribution < 1.29 is 23.9 Å². The number of carbonyl (C=O) groups is 3. The SMILES string of the molecule is CCOC(=O)COC1CCN(C(=O)[C@H](CC)NC(=O)c2ccc(CN=N)cc2)CC1. The fourth-order valence-corrected chi connectivity index (χ4v) is 3.28. The maximum atomic E-state index is 12.9. The quantitative estimate of drug-likeness (QED) is 0.446. The van der Waals surface area contributed by atoms with Crippen LogP contribution in [0.1, 0.15) is 49.0 Å². The number of ether oxygens (including phenoxy) is 2. The van der Waals surface area contributed by atoms with Gasteiger partial charge in [0.15, 0.2) is 0 Å². The molecule has 0 saturated carbocycles. The van der Waals surface area contributed by atoms with Crippen LogP contribution in [0.15, 0.2) is 29.4 Å². The molecule has 0 unspecified atom stereocenters. The Hall–Kier alpha value is -2.81. The standard InChI is InChI=1S/C21H30N4O5/c1-3-18(24-20(27)16-7-5-15(6-8-16)13-23-22)21(28)25-11-9-17(10-12-25)30-14-19(26)29-4-2/h5-8,17-18,22H,3-4,9-14H2,1-2H3,(H,24,27)/t18-/m0/s1. The molecule has 2 rings (SSSR count). The maximum Gasteiger partial charge on any atom is 0.332 e. The summed E-state index contributed by atoms with van der Waals surface area (Å²) >= 11 is 0. The largest absolute Gasteiger partial charge is 0.464 e. The van der Waals surface area contributed by atoms with Crippen LogP contribution in [0.25, 0.3) is 0 Å². The van der Waals surface area contributed by atoms with Crippen molar-refractivity contribution in [3.8, 4) is 0 Å². The molecule has 1 saturated heterocycles. The molecule has 0 radical (unpaired) electrons. The molecule has 30 heavy (non-hydrogen) atoms. The summed E-state index contributed by atoms with van der Waals surface area (Å²) in [7, 11) is 0. The highest BCUT2D eigenvalue weighted by molar-refractivity contribution is 5.97. The second kappa shape index (κ2) is 12.0. The molecule has 1 aliphatic rings. The van der Waals surface area contributed by atoms with Crippen LogP contribution >= 0.6 is 0 Å². The van der Waals surface area contributed by atoms with Crippen LogP contribution in [0.3, 0.4) is 0 Å². The average Bonchev–Trinajstić information content (AvgIpc) is 2.76. The van der Waals surface area contributed by atoms with Crippen molar-refractivity contribution >= 4 is 17.8 Å². The number of nitrogens with zero attached hydrogens (tertiary/aromatic N) is 2. The zero-order valence-electron chi connectivity index (χ0n) is 17.6. The third kappa shape index (κ3) is 6.91. The minimum Gasteiger partial charge on any atom is -0.464 e. The lowest BCUT2D eigenvalue weighted by Crippen LogP contribution is -2.51. The zero-order valence-corrected chi connectivity index (χ0v) is 17.6. The molecule has 0 spiro atoms. The molecule has 1 aromatic rings. The van der Waals surface area contributed by atoms with Gasteiger partial charge in [-0.1, -0.05) is 19.1 Å². The average molecular weight is 418 g/mol. The van der Waals surface area contributed by atoms with Crippen LogP contribution in [0.5, 0.6) is 0 Å². The molecule has 1 aromatic carbocycles. The lowest BCUT2D eigenvalue weighted by molar-refractivity contribution is -0.152. The lowest BCUT2D eigenvalue weighted by Gasteiger charge is -2.34. The Labute approximate surface area is 176 Å². The number of esters is 1. The van der Waals surface area contributed by atoms with E-state index in [4.69, 9.17) is 15.0 Å². The summed E-state index contributed by atoms with van der Waals surface area (Å²) in [6.45, 7) is 5.16. The van der Waals surface area contributed by atoms with Crippen LogP contribution in [-0.4, -0.2) is 61.1 Å². The molecule has 1 atom stereocenters. The summed E-state index contributed by atoms with van der Waals surface area (Å²) in [6, 6.07) is 6.23. The van der Waals surface area contributed by atoms with Gasteiger partial charge in [-0.05, 0) is 43.9 Å². The van der Waals surface area contributed by atoms with E-state index in [0.29, 0.717) is 44.5 Å². The smallest absolute Gasteiger partial charge is 0.332 e. The topological polar surface area (TPSA) is 121 Å². The van der Waals surface area contributed by atoms with Crippen molar-refractivity contribution in [2.75, 3.05) is 26.3 Å². The van der Waals surface area contributed by atoms with Gasteiger partial charge >= 0.3 is 5.97 Å². The predicted octanol–water partition coefficient (Wildman–Crippen LogP) is 2.30. The Morgan fingerprint density at radius 1 is 1.20 bits per heavy atom. The van der Waals surface area contributed by atoms with Gasteiger partial charge in [0.1, 0.15) is 12.6 Å². The van der Waals surface area contributed by atoms with Crippen molar-refractivity contribution in [3.05, 3.63) is 35.4 Å². The van der Waals surface area contributed by atoms with Crippen LogP contribution in [-0.2, 0) is 25.6 Å². The van der Waals surface area contributed by atoms with E-state index >= 15 is 0 Å². The molecule has 164 valence electrons. The molecule has 0 aliphatic carbocycles. The number of nitrogens with one attached hydrogen (secondary N) is 2. The summed E-state index contributed by atoms with van der Waals surface area (Å²) in [5.74, 6) is -0.802. The molecular weight excluding hydrogens is 388 g/mol. The van der Waals surface area contributed by atoms with Crippen molar-refractivity contribution in [3.63, 3.8) is 0 Å². The van der Waals surface area contributed by atoms with E-state index in [2.05, 4.69) is 10.4 Å². The third-order valence-electron chi connectivity index (χ3n) is 4.99. The van der Waals surface area contributed by atoms with Crippen molar-refractivity contribution in [1.29, 1.82) is 5.53 Å². The molecule has 0 aromatic heterocycles. The van der Waals surface area contributed by atoms with Gasteiger partial charge in [0.25, 0.3) is 5.91 Å². The Morgan fingerprint density at radius 3 is 2.43 bits per heavy atom. The first-order chi connectivity index (χ1) is 14.5. The van der Waals surface area contributed by atoms with Crippen LogP contribution in [0, 0.1) is 5.53 Å². The molecule has 2 amide bonds. The number of hydrogen-bond donors (Lipinski definition) is 2. The minimum atomic E-state index is -0.600. The molecule has 0 bridgehead atoms. The van der Waals surface area contributed by atoms with E-state index < -0.39 is 6.04 Å². The van der Waals surface area contributed by atoms with Gasteiger partial charge < -0.3 is 19.7 Å². The highest BCUT2D eigenvalue weighted by Gasteiger charge is 2.29. The normalized spacial score (nSPS) is 15.3. The fraction of sp³-hybridized carbons (Fsp3) is 0.571. The first-order valence-corrected chi connectivity index (χ1v) is 10.3. The Bertz CT molecular complexity index is 729. The van der Waals surface area contributed by atoms with E-state index in [0.717, 1.165) is 5.56 Å². The Kier molecular flexibility index (Phi) is 9.40. The maximum absolute atomic E-state index is 12.9. The first kappa shape index (κ1) is 23.5. The lowest BCUT2D eigenvalue weighted by atomic mass is 10.1. The van der Waals surface area contributed by atoms with Gasteiger partial charge in [0.2, 0.25) is 5.91 Å². The fourth-order valence-electron chi connectivity index (χ4n) is 3.28. The molecule has 2 N–H and O–H groups in total. The van der Waals surface area contributed by atoms with E-state index in [9.17, 15) is 14.4 Å². The first-order valence-electron chi connectivity index (χ1n) is 10.3. The highest BCUT2D eigenvalue weighted by atomic mass is 16.6. The molecular formula is C21H30N4O5. The van der Waals surface area contributed by atoms with Crippen molar-refractivity contribution in [2.24, 2.45) is 5.11 Å². The number of benzene rings is 1. The van der Waals surface area contributed by atoms with Gasteiger partial charge in [0.05, 0.1) is 19.3 Å². The third-order valence-corrected chi connectivity index (χ3v) is 4.99. The van der Waals surface area contributed by atoms with Crippen LogP contribution in [0.4, 0.5) is 0 Å². The summed E-state index contributed by atoms with van der Waals surface area (Å²) in [6.07, 6.45) is 1.68. The van der Waals surface area contributed by atoms with E-state index in [-0.39, 0.29) is 37.0 Å². The number of amides is 2. The van der Waals surface area contributed by atoms with Gasteiger partial charge in [0, 0.05) is 18.7 Å². The zero-order chi connectivity index (χ0) is 21.9. The summed E-state index contributed by atoms with van der Waals surface area (Å²) in [5, 5.41) is 6.13. The second-order valence-corrected chi connectivity index (χ2v) is 7.09. The van der Waals surface area contributed by atoms with E-state index in [1.807, 2.05) is 6.92 Å². The van der Waals surface area contributed by atoms with Gasteiger partial charge in [-0.2, -0.15) is 5.11 Å². The molecule has 1 aliphatic heterocycles. The summed E-state index contributed by atoms with van der Waals surface area (Å²) < 4.78 is 10.4. The highest BCUT2D eigenvalue weighted by Crippen LogP contribution is 2.16. The van der Waals surface area contributed by atoms with Gasteiger partial charge in [-0.25, -0.2) is 10.3 Å². The number of piperidine rings is 1. The van der Waals surface area contributed by atoms with E-state index in [1.54, 1.807) is 36.1 Å². The van der Waals surface area contributed by atoms with Crippen molar-refractivity contribution in [2.45, 2.75) is 51.8 Å². The monoisotopic (exact) mass is 418 g/mol. The van der Waals surface area contributed by atoms with Gasteiger partial charge in [-0.3, -0.25) is 9.59 Å². The predicted molar refractivity (Wildman–Crippen MR) is 109 cm³/mol. The van der Waals surface area contributed by atoms with Crippen LogP contribution < -0.4 is 5.32 Å². The Balaban J connectivity index is 1.83. The molecule has 9 nitrogen and oxygen atoms in total. The number of likely N-dealkylation sites (tertiary alicyclic amines) is 1. The second-order valence-electron chi connectivity index (χ2n) is 7.09. The number of rotatable bonds is 10. The summed E-state index contributed by atoms with van der Waals surface area (Å²) in [4.78, 5) is 38.5. The number of carbonyl (C=O) groups excluding carboxylic acids is 3. The molecule has 1 fully saturated rings. The molecule has 1 heterocycles. The van der Waals surface area contributed by atoms with Gasteiger partial charge in [-0.15, -0.1) is 0 Å².